The van der Waals surface area contributed by atoms with E-state index in [1.54, 1.807) is 0 Å². The van der Waals surface area contributed by atoms with Gasteiger partial charge in [0.2, 0.25) is 11.9 Å². The molecule has 0 aromatic heterocycles. The standard InChI is InChI=1S/C23H22O12/c1-9(25)13(27)4-10(2-3-24)21-22(20(32)18-14(28)7-12(26)8-17(18)34-21)35-23(33)11-5-15(29)19(31)16(30)6-11/h2,4-9,21-22,24-31H,3H2,1H3/b10-2+,13-4+. The van der Waals surface area contributed by atoms with Crippen molar-refractivity contribution < 1.29 is 59.9 Å². The Labute approximate surface area is 197 Å². The Morgan fingerprint density at radius 1 is 1.09 bits per heavy atom. The Kier molecular flexibility index (Phi) is 7.08. The lowest BCUT2D eigenvalue weighted by Gasteiger charge is -2.33. The Bertz CT molecular complexity index is 1200. The fourth-order valence-electron chi connectivity index (χ4n) is 3.32. The van der Waals surface area contributed by atoms with Gasteiger partial charge in [-0.05, 0) is 30.7 Å². The molecule has 0 saturated heterocycles. The number of ketones is 1. The van der Waals surface area contributed by atoms with E-state index in [4.69, 9.17) is 9.47 Å². The zero-order chi connectivity index (χ0) is 26.0. The van der Waals surface area contributed by atoms with Gasteiger partial charge in [-0.1, -0.05) is 6.08 Å². The average Bonchev–Trinajstić information content (AvgIpc) is 2.77. The first-order chi connectivity index (χ1) is 16.4. The van der Waals surface area contributed by atoms with Gasteiger partial charge in [-0.15, -0.1) is 0 Å². The molecule has 1 aliphatic rings. The summed E-state index contributed by atoms with van der Waals surface area (Å²) < 4.78 is 11.0. The number of benzene rings is 2. The van der Waals surface area contributed by atoms with Gasteiger partial charge in [0.15, 0.2) is 23.4 Å². The molecule has 12 heteroatoms. The summed E-state index contributed by atoms with van der Waals surface area (Å²) in [5.41, 5.74) is -0.998. The van der Waals surface area contributed by atoms with Crippen molar-refractivity contribution in [2.75, 3.05) is 6.61 Å². The number of carbonyl (C=O) groups excluding carboxylic acids is 2. The van der Waals surface area contributed by atoms with Gasteiger partial charge in [0.25, 0.3) is 0 Å². The predicted molar refractivity (Wildman–Crippen MR) is 117 cm³/mol. The number of phenols is 5. The Morgan fingerprint density at radius 2 is 1.71 bits per heavy atom. The lowest BCUT2D eigenvalue weighted by molar-refractivity contribution is -0.000611. The van der Waals surface area contributed by atoms with Crippen LogP contribution in [-0.4, -0.2) is 77.5 Å². The van der Waals surface area contributed by atoms with Crippen LogP contribution in [0.1, 0.15) is 27.6 Å². The molecular formula is C23H22O12. The first-order valence-corrected chi connectivity index (χ1v) is 10.1. The van der Waals surface area contributed by atoms with Crippen LogP contribution in [0.5, 0.6) is 34.5 Å². The maximum absolute atomic E-state index is 13.3. The van der Waals surface area contributed by atoms with Gasteiger partial charge in [0.1, 0.15) is 34.7 Å². The van der Waals surface area contributed by atoms with Crippen molar-refractivity contribution in [1.82, 2.24) is 0 Å². The lowest BCUT2D eigenvalue weighted by atomic mass is 9.91. The van der Waals surface area contributed by atoms with E-state index in [-0.39, 0.29) is 11.3 Å². The molecule has 8 N–H and O–H groups in total. The third kappa shape index (κ3) is 5.08. The number of hydrogen-bond acceptors (Lipinski definition) is 12. The Hall–Kier alpha value is -4.42. The number of aliphatic hydroxyl groups is 3. The molecule has 0 fully saturated rings. The smallest absolute Gasteiger partial charge is 0.339 e. The molecule has 3 rings (SSSR count). The van der Waals surface area contributed by atoms with Crippen LogP contribution in [0.15, 0.2) is 47.7 Å². The van der Waals surface area contributed by atoms with E-state index < -0.39 is 82.3 Å². The molecule has 0 bridgehead atoms. The van der Waals surface area contributed by atoms with Gasteiger partial charge in [0, 0.05) is 12.1 Å². The third-order valence-corrected chi connectivity index (χ3v) is 5.04. The van der Waals surface area contributed by atoms with E-state index in [9.17, 15) is 50.4 Å². The fraction of sp³-hybridized carbons (Fsp3) is 0.217. The molecule has 186 valence electrons. The number of carbonyl (C=O) groups is 2. The number of rotatable bonds is 6. The van der Waals surface area contributed by atoms with E-state index in [1.807, 2.05) is 0 Å². The van der Waals surface area contributed by atoms with E-state index >= 15 is 0 Å². The van der Waals surface area contributed by atoms with Crippen molar-refractivity contribution in [3.8, 4) is 34.5 Å². The second-order valence-electron chi connectivity index (χ2n) is 7.56. The van der Waals surface area contributed by atoms with Crippen LogP contribution in [0.2, 0.25) is 0 Å². The van der Waals surface area contributed by atoms with Crippen LogP contribution in [0, 0.1) is 0 Å². The molecule has 3 atom stereocenters. The molecule has 1 heterocycles. The summed E-state index contributed by atoms with van der Waals surface area (Å²) in [5.74, 6) is -6.82. The number of ether oxygens (including phenoxy) is 2. The molecule has 35 heavy (non-hydrogen) atoms. The minimum absolute atomic E-state index is 0.109. The highest BCUT2D eigenvalue weighted by molar-refractivity contribution is 6.07. The highest BCUT2D eigenvalue weighted by Gasteiger charge is 2.44. The second kappa shape index (κ2) is 9.83. The maximum Gasteiger partial charge on any atom is 0.339 e. The molecule has 0 spiro atoms. The molecule has 0 saturated carbocycles. The molecule has 12 nitrogen and oxygen atoms in total. The van der Waals surface area contributed by atoms with Gasteiger partial charge in [-0.3, -0.25) is 4.79 Å². The Balaban J connectivity index is 2.11. The van der Waals surface area contributed by atoms with E-state index in [0.29, 0.717) is 0 Å². The summed E-state index contributed by atoms with van der Waals surface area (Å²) >= 11 is 0. The van der Waals surface area contributed by atoms with Gasteiger partial charge in [-0.2, -0.15) is 0 Å². The van der Waals surface area contributed by atoms with Crippen LogP contribution >= 0.6 is 0 Å². The highest BCUT2D eigenvalue weighted by atomic mass is 16.6. The normalized spacial score (nSPS) is 19.0. The SMILES string of the molecule is CC(O)/C(O)=C\C(=C/CO)C1Oc2cc(O)cc(O)c2C(=O)C1OC(=O)c1cc(O)c(O)c(O)c1. The molecule has 1 aliphatic heterocycles. The van der Waals surface area contributed by atoms with Gasteiger partial charge in [0.05, 0.1) is 12.2 Å². The average molecular weight is 490 g/mol. The van der Waals surface area contributed by atoms with Crippen molar-refractivity contribution in [2.45, 2.75) is 25.2 Å². The summed E-state index contributed by atoms with van der Waals surface area (Å²) in [4.78, 5) is 26.1. The Morgan fingerprint density at radius 3 is 2.29 bits per heavy atom. The highest BCUT2D eigenvalue weighted by Crippen LogP contribution is 2.41. The number of phenolic OH excluding ortho intramolecular Hbond substituents is 5. The summed E-state index contributed by atoms with van der Waals surface area (Å²) in [6.45, 7) is 0.618. The minimum Gasteiger partial charge on any atom is -0.510 e. The van der Waals surface area contributed by atoms with Gasteiger partial charge in [-0.25, -0.2) is 4.79 Å². The predicted octanol–water partition coefficient (Wildman–Crippen LogP) is 1.13. The zero-order valence-corrected chi connectivity index (χ0v) is 18.1. The molecular weight excluding hydrogens is 468 g/mol. The maximum atomic E-state index is 13.3. The number of Topliss-reactive ketones (excluding diaryl/α,β-unsaturated/α-hetero) is 1. The van der Waals surface area contributed by atoms with Crippen molar-refractivity contribution in [3.05, 3.63) is 58.9 Å². The second-order valence-corrected chi connectivity index (χ2v) is 7.56. The van der Waals surface area contributed by atoms with Crippen molar-refractivity contribution in [1.29, 1.82) is 0 Å². The fourth-order valence-corrected chi connectivity index (χ4v) is 3.32. The molecule has 0 radical (unpaired) electrons. The quantitative estimate of drug-likeness (QED) is 0.124. The lowest BCUT2D eigenvalue weighted by Crippen LogP contribution is -2.46. The van der Waals surface area contributed by atoms with Crippen LogP contribution in [-0.2, 0) is 4.74 Å². The number of fused-ring (bicyclic) bond motifs is 1. The van der Waals surface area contributed by atoms with E-state index in [2.05, 4.69) is 0 Å². The first kappa shape index (κ1) is 25.2. The van der Waals surface area contributed by atoms with Gasteiger partial charge >= 0.3 is 5.97 Å². The summed E-state index contributed by atoms with van der Waals surface area (Å²) in [6, 6.07) is 3.42. The number of hydrogen-bond donors (Lipinski definition) is 8. The molecule has 2 aromatic rings. The largest absolute Gasteiger partial charge is 0.510 e. The molecule has 2 aromatic carbocycles. The molecule has 0 amide bonds. The summed E-state index contributed by atoms with van der Waals surface area (Å²) in [6.07, 6.45) is -2.66. The van der Waals surface area contributed by atoms with Crippen LogP contribution in [0.3, 0.4) is 0 Å². The van der Waals surface area contributed by atoms with Crippen molar-refractivity contribution in [3.63, 3.8) is 0 Å². The molecule has 0 aliphatic carbocycles. The number of aromatic hydroxyl groups is 5. The van der Waals surface area contributed by atoms with Crippen molar-refractivity contribution >= 4 is 11.8 Å². The van der Waals surface area contributed by atoms with Crippen molar-refractivity contribution in [2.24, 2.45) is 0 Å². The summed E-state index contributed by atoms with van der Waals surface area (Å²) in [7, 11) is 0. The topological polar surface area (TPSA) is 214 Å². The van der Waals surface area contributed by atoms with Gasteiger partial charge < -0.3 is 50.3 Å². The monoisotopic (exact) mass is 490 g/mol. The van der Waals surface area contributed by atoms with E-state index in [0.717, 1.165) is 36.4 Å². The minimum atomic E-state index is -1.85. The third-order valence-electron chi connectivity index (χ3n) is 5.04. The first-order valence-electron chi connectivity index (χ1n) is 10.1. The summed E-state index contributed by atoms with van der Waals surface area (Å²) in [5, 5.41) is 77.9. The number of aliphatic hydroxyl groups excluding tert-OH is 3. The molecule has 3 unspecified atom stereocenters. The zero-order valence-electron chi connectivity index (χ0n) is 18.1. The van der Waals surface area contributed by atoms with Crippen LogP contribution < -0.4 is 4.74 Å². The van der Waals surface area contributed by atoms with E-state index in [1.165, 1.54) is 6.92 Å². The number of esters is 1. The van der Waals surface area contributed by atoms with Crippen LogP contribution in [0.25, 0.3) is 0 Å². The van der Waals surface area contributed by atoms with Crippen LogP contribution in [0.4, 0.5) is 0 Å².